The molecule has 0 aliphatic carbocycles. The van der Waals surface area contributed by atoms with E-state index in [1.54, 1.807) is 14.2 Å². The Bertz CT molecular complexity index is 904. The van der Waals surface area contributed by atoms with Crippen molar-refractivity contribution in [2.75, 3.05) is 63.2 Å². The van der Waals surface area contributed by atoms with Gasteiger partial charge in [0.2, 0.25) is 5.91 Å². The number of ether oxygens (including phenoxy) is 1. The van der Waals surface area contributed by atoms with Crippen LogP contribution in [0.2, 0.25) is 0 Å². The van der Waals surface area contributed by atoms with E-state index < -0.39 is 0 Å². The number of carbonyl (C=O) groups excluding carboxylic acids is 1. The largest absolute Gasteiger partial charge is 0.497 e. The normalized spacial score (nSPS) is 16.5. The van der Waals surface area contributed by atoms with Crippen molar-refractivity contribution >= 4 is 23.2 Å². The third-order valence-electron chi connectivity index (χ3n) is 5.81. The molecule has 2 aromatic carbocycles. The first-order chi connectivity index (χ1) is 14.7. The van der Waals surface area contributed by atoms with Crippen LogP contribution in [0.25, 0.3) is 0 Å². The smallest absolute Gasteiger partial charge is 0.246 e. The summed E-state index contributed by atoms with van der Waals surface area (Å²) >= 11 is 0. The quantitative estimate of drug-likeness (QED) is 0.620. The van der Waals surface area contributed by atoms with Gasteiger partial charge in [0.25, 0.3) is 0 Å². The molecule has 0 radical (unpaired) electrons. The molecule has 1 saturated heterocycles. The zero-order valence-electron chi connectivity index (χ0n) is 17.7. The number of guanidine groups is 1. The second-order valence-electron chi connectivity index (χ2n) is 7.50. The molecule has 0 saturated carbocycles. The highest BCUT2D eigenvalue weighted by atomic mass is 16.5. The summed E-state index contributed by atoms with van der Waals surface area (Å²) in [6.07, 6.45) is 0.921. The van der Waals surface area contributed by atoms with Gasteiger partial charge in [-0.15, -0.1) is 0 Å². The molecule has 4 rings (SSSR count). The number of nitrogens with one attached hydrogen (secondary N) is 1. The van der Waals surface area contributed by atoms with E-state index in [1.165, 1.54) is 11.3 Å². The topological polar surface area (TPSA) is 60.4 Å². The molecule has 1 amide bonds. The van der Waals surface area contributed by atoms with Gasteiger partial charge >= 0.3 is 0 Å². The minimum Gasteiger partial charge on any atom is -0.497 e. The summed E-state index contributed by atoms with van der Waals surface area (Å²) in [4.78, 5) is 23.6. The summed E-state index contributed by atoms with van der Waals surface area (Å²) < 4.78 is 5.24. The SMILES string of the molecule is CN=C(NCC(=O)N1CCc2ccccc21)N1CCN(c2ccc(OC)cc2)CC1. The zero-order valence-corrected chi connectivity index (χ0v) is 17.7. The third-order valence-corrected chi connectivity index (χ3v) is 5.81. The van der Waals surface area contributed by atoms with Gasteiger partial charge in [-0.3, -0.25) is 9.79 Å². The Morgan fingerprint density at radius 3 is 2.47 bits per heavy atom. The lowest BCUT2D eigenvalue weighted by Gasteiger charge is -2.37. The number of para-hydroxylation sites is 1. The third kappa shape index (κ3) is 4.20. The molecule has 30 heavy (non-hydrogen) atoms. The molecule has 7 heteroatoms. The number of benzene rings is 2. The average Bonchev–Trinajstić information content (AvgIpc) is 3.24. The first-order valence-electron chi connectivity index (χ1n) is 10.4. The van der Waals surface area contributed by atoms with Gasteiger partial charge in [-0.1, -0.05) is 18.2 Å². The maximum atomic E-state index is 12.8. The van der Waals surface area contributed by atoms with Gasteiger partial charge in [0, 0.05) is 51.1 Å². The Hall–Kier alpha value is -3.22. The summed E-state index contributed by atoms with van der Waals surface area (Å²) in [6.45, 7) is 4.51. The summed E-state index contributed by atoms with van der Waals surface area (Å²) in [6, 6.07) is 16.3. The molecule has 1 N–H and O–H groups in total. The predicted octanol–water partition coefficient (Wildman–Crippen LogP) is 1.98. The molecule has 0 atom stereocenters. The molecule has 0 unspecified atom stereocenters. The summed E-state index contributed by atoms with van der Waals surface area (Å²) in [7, 11) is 3.45. The number of amides is 1. The fourth-order valence-corrected chi connectivity index (χ4v) is 4.15. The number of hydrogen-bond acceptors (Lipinski definition) is 4. The second-order valence-corrected chi connectivity index (χ2v) is 7.50. The number of rotatable bonds is 4. The number of piperazine rings is 1. The average molecular weight is 408 g/mol. The van der Waals surface area contributed by atoms with Crippen LogP contribution < -0.4 is 19.9 Å². The van der Waals surface area contributed by atoms with Crippen LogP contribution in [0.1, 0.15) is 5.56 Å². The minimum atomic E-state index is 0.0815. The lowest BCUT2D eigenvalue weighted by atomic mass is 10.2. The van der Waals surface area contributed by atoms with Crippen molar-refractivity contribution in [1.29, 1.82) is 0 Å². The van der Waals surface area contributed by atoms with Crippen LogP contribution in [0.15, 0.2) is 53.5 Å². The highest BCUT2D eigenvalue weighted by molar-refractivity contribution is 5.98. The molecule has 2 heterocycles. The van der Waals surface area contributed by atoms with Gasteiger partial charge in [0.05, 0.1) is 13.7 Å². The fourth-order valence-electron chi connectivity index (χ4n) is 4.15. The van der Waals surface area contributed by atoms with Gasteiger partial charge < -0.3 is 24.8 Å². The number of methoxy groups -OCH3 is 1. The number of anilines is 2. The molecular formula is C23H29N5O2. The first-order valence-corrected chi connectivity index (χ1v) is 10.4. The van der Waals surface area contributed by atoms with Gasteiger partial charge in [-0.05, 0) is 42.3 Å². The van der Waals surface area contributed by atoms with Crippen LogP contribution in [0.5, 0.6) is 5.75 Å². The van der Waals surface area contributed by atoms with Crippen molar-refractivity contribution < 1.29 is 9.53 Å². The van der Waals surface area contributed by atoms with Crippen LogP contribution >= 0.6 is 0 Å². The maximum absolute atomic E-state index is 12.8. The van der Waals surface area contributed by atoms with E-state index in [9.17, 15) is 4.79 Å². The molecular weight excluding hydrogens is 378 g/mol. The van der Waals surface area contributed by atoms with Gasteiger partial charge in [-0.2, -0.15) is 0 Å². The molecule has 0 aromatic heterocycles. The summed E-state index contributed by atoms with van der Waals surface area (Å²) in [5.41, 5.74) is 3.47. The highest BCUT2D eigenvalue weighted by Crippen LogP contribution is 2.27. The molecule has 2 aromatic rings. The first kappa shape index (κ1) is 20.1. The molecule has 158 valence electrons. The van der Waals surface area contributed by atoms with Crippen LogP contribution in [-0.2, 0) is 11.2 Å². The lowest BCUT2D eigenvalue weighted by molar-refractivity contribution is -0.117. The maximum Gasteiger partial charge on any atom is 0.246 e. The van der Waals surface area contributed by atoms with Gasteiger partial charge in [0.15, 0.2) is 5.96 Å². The number of nitrogens with zero attached hydrogens (tertiary/aromatic N) is 4. The Morgan fingerprint density at radius 1 is 1.03 bits per heavy atom. The van der Waals surface area contributed by atoms with E-state index in [2.05, 4.69) is 38.3 Å². The lowest BCUT2D eigenvalue weighted by Crippen LogP contribution is -2.54. The van der Waals surface area contributed by atoms with Gasteiger partial charge in [0.1, 0.15) is 5.75 Å². The zero-order chi connectivity index (χ0) is 20.9. The number of hydrogen-bond donors (Lipinski definition) is 1. The van der Waals surface area contributed by atoms with Crippen LogP contribution in [0.4, 0.5) is 11.4 Å². The van der Waals surface area contributed by atoms with E-state index in [-0.39, 0.29) is 12.5 Å². The molecule has 2 aliphatic rings. The van der Waals surface area contributed by atoms with Crippen molar-refractivity contribution in [3.63, 3.8) is 0 Å². The van der Waals surface area contributed by atoms with Crippen LogP contribution in [0, 0.1) is 0 Å². The molecule has 7 nitrogen and oxygen atoms in total. The molecule has 0 bridgehead atoms. The molecule has 2 aliphatic heterocycles. The van der Waals surface area contributed by atoms with E-state index >= 15 is 0 Å². The predicted molar refractivity (Wildman–Crippen MR) is 121 cm³/mol. The minimum absolute atomic E-state index is 0.0815. The fraction of sp³-hybridized carbons (Fsp3) is 0.391. The molecule has 0 spiro atoms. The van der Waals surface area contributed by atoms with Crippen molar-refractivity contribution in [2.45, 2.75) is 6.42 Å². The van der Waals surface area contributed by atoms with E-state index in [1.807, 2.05) is 35.2 Å². The standard InChI is InChI=1S/C23H29N5O2/c1-24-23(25-17-22(29)28-12-11-18-5-3-4-6-21(18)28)27-15-13-26(14-16-27)19-7-9-20(30-2)10-8-19/h3-10H,11-17H2,1-2H3,(H,24,25). The van der Waals surface area contributed by atoms with Crippen molar-refractivity contribution in [1.82, 2.24) is 10.2 Å². The Kier molecular flexibility index (Phi) is 6.07. The van der Waals surface area contributed by atoms with Gasteiger partial charge in [-0.25, -0.2) is 0 Å². The second kappa shape index (κ2) is 9.07. The van der Waals surface area contributed by atoms with E-state index in [0.29, 0.717) is 0 Å². The van der Waals surface area contributed by atoms with Crippen molar-refractivity contribution in [3.05, 3.63) is 54.1 Å². The monoisotopic (exact) mass is 407 g/mol. The van der Waals surface area contributed by atoms with E-state index in [4.69, 9.17) is 4.74 Å². The molecule has 1 fully saturated rings. The number of fused-ring (bicyclic) bond motifs is 1. The van der Waals surface area contributed by atoms with Crippen molar-refractivity contribution in [2.24, 2.45) is 4.99 Å². The van der Waals surface area contributed by atoms with E-state index in [0.717, 1.165) is 56.5 Å². The summed E-state index contributed by atoms with van der Waals surface area (Å²) in [5.74, 6) is 1.73. The Morgan fingerprint density at radius 2 is 1.77 bits per heavy atom. The number of carbonyl (C=O) groups is 1. The summed E-state index contributed by atoms with van der Waals surface area (Å²) in [5, 5.41) is 3.27. The van der Waals surface area contributed by atoms with Crippen LogP contribution in [-0.4, -0.2) is 70.2 Å². The number of aliphatic imine (C=N–C) groups is 1. The van der Waals surface area contributed by atoms with Crippen molar-refractivity contribution in [3.8, 4) is 5.75 Å². The Balaban J connectivity index is 1.29. The highest BCUT2D eigenvalue weighted by Gasteiger charge is 2.25. The van der Waals surface area contributed by atoms with Crippen LogP contribution in [0.3, 0.4) is 0 Å². The Labute approximate surface area is 177 Å².